The Kier molecular flexibility index (Phi) is 3.90. The molecule has 2 aliphatic heterocycles. The number of ether oxygens (including phenoxy) is 2. The average molecular weight is 326 g/mol. The molecular formula is C17H18N4O3. The van der Waals surface area contributed by atoms with Gasteiger partial charge in [0.2, 0.25) is 12.7 Å². The molecule has 0 saturated carbocycles. The standard InChI is InChI=1S/C17H18N4O3/c22-17(20-13-3-4-14-15(8-13)24-11-23-14)12-2-1-7-21(10-12)16-9-18-5-6-19-16/h3-6,8-9,12H,1-2,7,10-11H2,(H,20,22)/t12-/m0/s1. The number of anilines is 2. The molecule has 0 radical (unpaired) electrons. The van der Waals surface area contributed by atoms with Crippen LogP contribution in [0.15, 0.2) is 36.8 Å². The maximum atomic E-state index is 12.6. The van der Waals surface area contributed by atoms with E-state index in [0.717, 1.165) is 30.9 Å². The molecule has 0 aliphatic carbocycles. The van der Waals surface area contributed by atoms with Crippen LogP contribution in [-0.4, -0.2) is 35.8 Å². The van der Waals surface area contributed by atoms with Crippen molar-refractivity contribution in [2.24, 2.45) is 5.92 Å². The average Bonchev–Trinajstić information content (AvgIpc) is 3.10. The van der Waals surface area contributed by atoms with E-state index in [-0.39, 0.29) is 18.6 Å². The number of carbonyl (C=O) groups excluding carboxylic acids is 1. The van der Waals surface area contributed by atoms with Gasteiger partial charge in [-0.25, -0.2) is 4.98 Å². The largest absolute Gasteiger partial charge is 0.454 e. The Labute approximate surface area is 139 Å². The second kappa shape index (κ2) is 6.35. The molecule has 0 spiro atoms. The minimum atomic E-state index is -0.0776. The van der Waals surface area contributed by atoms with Gasteiger partial charge in [0.05, 0.1) is 12.1 Å². The van der Waals surface area contributed by atoms with Gasteiger partial charge in [0.25, 0.3) is 0 Å². The third-order valence-electron chi connectivity index (χ3n) is 4.31. The SMILES string of the molecule is O=C(Nc1ccc2c(c1)OCO2)[C@H]1CCCN(c2cnccn2)C1. The van der Waals surface area contributed by atoms with Gasteiger partial charge in [-0.3, -0.25) is 9.78 Å². The van der Waals surface area contributed by atoms with Gasteiger partial charge in [-0.2, -0.15) is 0 Å². The van der Waals surface area contributed by atoms with Crippen molar-refractivity contribution >= 4 is 17.4 Å². The number of hydrogen-bond donors (Lipinski definition) is 1. The Bertz CT molecular complexity index is 738. The Morgan fingerprint density at radius 2 is 2.17 bits per heavy atom. The van der Waals surface area contributed by atoms with E-state index in [1.54, 1.807) is 24.7 Å². The Hall–Kier alpha value is -2.83. The fraction of sp³-hybridized carbons (Fsp3) is 0.353. The van der Waals surface area contributed by atoms with E-state index >= 15 is 0 Å². The van der Waals surface area contributed by atoms with Crippen molar-refractivity contribution in [2.45, 2.75) is 12.8 Å². The van der Waals surface area contributed by atoms with Crippen LogP contribution in [0.25, 0.3) is 0 Å². The summed E-state index contributed by atoms with van der Waals surface area (Å²) in [6.07, 6.45) is 6.88. The maximum absolute atomic E-state index is 12.6. The van der Waals surface area contributed by atoms with Crippen molar-refractivity contribution in [3.8, 4) is 11.5 Å². The number of fused-ring (bicyclic) bond motifs is 1. The van der Waals surface area contributed by atoms with E-state index in [2.05, 4.69) is 20.2 Å². The number of piperidine rings is 1. The lowest BCUT2D eigenvalue weighted by Crippen LogP contribution is -2.41. The molecule has 7 nitrogen and oxygen atoms in total. The molecule has 1 N–H and O–H groups in total. The topological polar surface area (TPSA) is 76.6 Å². The zero-order valence-electron chi connectivity index (χ0n) is 13.1. The molecule has 3 heterocycles. The molecule has 1 aromatic heterocycles. The number of rotatable bonds is 3. The van der Waals surface area contributed by atoms with Crippen molar-refractivity contribution < 1.29 is 14.3 Å². The molecule has 2 aromatic rings. The predicted octanol–water partition coefficient (Wildman–Crippen LogP) is 2.06. The smallest absolute Gasteiger partial charge is 0.231 e. The summed E-state index contributed by atoms with van der Waals surface area (Å²) in [7, 11) is 0. The third-order valence-corrected chi connectivity index (χ3v) is 4.31. The summed E-state index contributed by atoms with van der Waals surface area (Å²) < 4.78 is 10.6. The van der Waals surface area contributed by atoms with Gasteiger partial charge in [-0.05, 0) is 25.0 Å². The van der Waals surface area contributed by atoms with E-state index in [0.29, 0.717) is 18.0 Å². The molecule has 124 valence electrons. The predicted molar refractivity (Wildman–Crippen MR) is 88.2 cm³/mol. The second-order valence-corrected chi connectivity index (χ2v) is 5.91. The number of nitrogens with one attached hydrogen (secondary N) is 1. The first-order valence-corrected chi connectivity index (χ1v) is 8.01. The number of hydrogen-bond acceptors (Lipinski definition) is 6. The van der Waals surface area contributed by atoms with Crippen LogP contribution in [0.3, 0.4) is 0 Å². The van der Waals surface area contributed by atoms with Crippen LogP contribution < -0.4 is 19.7 Å². The van der Waals surface area contributed by atoms with Crippen LogP contribution in [0.5, 0.6) is 11.5 Å². The summed E-state index contributed by atoms with van der Waals surface area (Å²) in [5, 5.41) is 2.98. The van der Waals surface area contributed by atoms with Crippen molar-refractivity contribution in [2.75, 3.05) is 30.1 Å². The van der Waals surface area contributed by atoms with Gasteiger partial charge >= 0.3 is 0 Å². The van der Waals surface area contributed by atoms with E-state index in [4.69, 9.17) is 9.47 Å². The molecular weight excluding hydrogens is 308 g/mol. The van der Waals surface area contributed by atoms with E-state index in [1.165, 1.54) is 0 Å². The second-order valence-electron chi connectivity index (χ2n) is 5.91. The zero-order valence-corrected chi connectivity index (χ0v) is 13.1. The normalized spacial score (nSPS) is 19.2. The molecule has 4 rings (SSSR count). The van der Waals surface area contributed by atoms with Crippen LogP contribution in [0.4, 0.5) is 11.5 Å². The lowest BCUT2D eigenvalue weighted by molar-refractivity contribution is -0.120. The van der Waals surface area contributed by atoms with Gasteiger partial charge in [0.1, 0.15) is 5.82 Å². The quantitative estimate of drug-likeness (QED) is 0.930. The molecule has 24 heavy (non-hydrogen) atoms. The summed E-state index contributed by atoms with van der Waals surface area (Å²) in [6.45, 7) is 1.77. The van der Waals surface area contributed by atoms with Crippen LogP contribution in [0.2, 0.25) is 0 Å². The highest BCUT2D eigenvalue weighted by Crippen LogP contribution is 2.34. The lowest BCUT2D eigenvalue weighted by atomic mass is 9.97. The van der Waals surface area contributed by atoms with Crippen molar-refractivity contribution in [1.82, 2.24) is 9.97 Å². The van der Waals surface area contributed by atoms with E-state index in [9.17, 15) is 4.79 Å². The first kappa shape index (κ1) is 14.7. The first-order chi connectivity index (χ1) is 11.8. The lowest BCUT2D eigenvalue weighted by Gasteiger charge is -2.32. The molecule has 0 bridgehead atoms. The van der Waals surface area contributed by atoms with Gasteiger partial charge in [0.15, 0.2) is 11.5 Å². The Morgan fingerprint density at radius 3 is 3.04 bits per heavy atom. The van der Waals surface area contributed by atoms with Crippen molar-refractivity contribution in [3.63, 3.8) is 0 Å². The molecule has 1 saturated heterocycles. The molecule has 1 amide bonds. The minimum absolute atomic E-state index is 0.0162. The van der Waals surface area contributed by atoms with Crippen LogP contribution >= 0.6 is 0 Å². The first-order valence-electron chi connectivity index (χ1n) is 8.01. The van der Waals surface area contributed by atoms with Gasteiger partial charge < -0.3 is 19.7 Å². The summed E-state index contributed by atoms with van der Waals surface area (Å²) >= 11 is 0. The summed E-state index contributed by atoms with van der Waals surface area (Å²) in [5.41, 5.74) is 0.723. The van der Waals surface area contributed by atoms with Crippen molar-refractivity contribution in [3.05, 3.63) is 36.8 Å². The maximum Gasteiger partial charge on any atom is 0.231 e. The van der Waals surface area contributed by atoms with Crippen molar-refractivity contribution in [1.29, 1.82) is 0 Å². The van der Waals surface area contributed by atoms with E-state index in [1.807, 2.05) is 12.1 Å². The summed E-state index contributed by atoms with van der Waals surface area (Å²) in [5.74, 6) is 2.13. The minimum Gasteiger partial charge on any atom is -0.454 e. The summed E-state index contributed by atoms with van der Waals surface area (Å²) in [4.78, 5) is 23.1. The highest BCUT2D eigenvalue weighted by molar-refractivity contribution is 5.93. The van der Waals surface area contributed by atoms with Crippen LogP contribution in [0, 0.1) is 5.92 Å². The highest BCUT2D eigenvalue weighted by atomic mass is 16.7. The zero-order chi connectivity index (χ0) is 16.4. The Balaban J connectivity index is 1.42. The monoisotopic (exact) mass is 326 g/mol. The van der Waals surface area contributed by atoms with Crippen LogP contribution in [0.1, 0.15) is 12.8 Å². The molecule has 1 fully saturated rings. The number of aromatic nitrogens is 2. The van der Waals surface area contributed by atoms with Gasteiger partial charge in [-0.1, -0.05) is 0 Å². The number of carbonyl (C=O) groups is 1. The van der Waals surface area contributed by atoms with E-state index < -0.39 is 0 Å². The number of amides is 1. The molecule has 1 aromatic carbocycles. The van der Waals surface area contributed by atoms with Gasteiger partial charge in [0, 0.05) is 37.2 Å². The number of nitrogens with zero attached hydrogens (tertiary/aromatic N) is 3. The highest BCUT2D eigenvalue weighted by Gasteiger charge is 2.27. The fourth-order valence-electron chi connectivity index (χ4n) is 3.07. The fourth-order valence-corrected chi connectivity index (χ4v) is 3.07. The van der Waals surface area contributed by atoms with Crippen LogP contribution in [-0.2, 0) is 4.79 Å². The summed E-state index contributed by atoms with van der Waals surface area (Å²) in [6, 6.07) is 5.43. The molecule has 2 aliphatic rings. The molecule has 1 atom stereocenters. The third kappa shape index (κ3) is 2.97. The van der Waals surface area contributed by atoms with Gasteiger partial charge in [-0.15, -0.1) is 0 Å². The molecule has 7 heteroatoms. The Morgan fingerprint density at radius 1 is 1.25 bits per heavy atom. The molecule has 0 unspecified atom stereocenters. The number of benzene rings is 1.